The fourth-order valence-electron chi connectivity index (χ4n) is 2.49. The molecule has 0 amide bonds. The largest absolute Gasteiger partial charge is 0.309 e. The first-order valence-electron chi connectivity index (χ1n) is 6.87. The maximum absolute atomic E-state index is 4.93. The molecule has 2 aromatic rings. The van der Waals surface area contributed by atoms with Gasteiger partial charge in [0.25, 0.3) is 0 Å². The number of hydrogen-bond acceptors (Lipinski definition) is 4. The zero-order chi connectivity index (χ0) is 14.1. The van der Waals surface area contributed by atoms with Crippen molar-refractivity contribution in [3.05, 3.63) is 24.9 Å². The number of thiazole rings is 1. The molecule has 6 heteroatoms. The molecule has 2 nitrogen and oxygen atoms in total. The average molecular weight is 436 g/mol. The van der Waals surface area contributed by atoms with Crippen molar-refractivity contribution in [3.63, 3.8) is 0 Å². The summed E-state index contributed by atoms with van der Waals surface area (Å²) in [5.74, 6) is 0. The molecule has 1 atom stereocenters. The number of aryl methyl sites for hydroxylation is 1. The average Bonchev–Trinajstić information content (AvgIpc) is 3.01. The number of fused-ring (bicyclic) bond motifs is 1. The van der Waals surface area contributed by atoms with Crippen LogP contribution in [0.25, 0.3) is 9.88 Å². The molecule has 0 bridgehead atoms. The molecule has 0 aliphatic heterocycles. The van der Waals surface area contributed by atoms with Gasteiger partial charge in [0.2, 0.25) is 0 Å². The summed E-state index contributed by atoms with van der Waals surface area (Å²) in [6.07, 6.45) is 4.85. The number of rotatable bonds is 4. The Hall–Kier alpha value is 0.250. The first-order valence-corrected chi connectivity index (χ1v) is 10.1. The van der Waals surface area contributed by atoms with Crippen molar-refractivity contribution < 1.29 is 0 Å². The second-order valence-corrected chi connectivity index (χ2v) is 9.27. The Morgan fingerprint density at radius 2 is 2.25 bits per heavy atom. The van der Waals surface area contributed by atoms with E-state index in [1.807, 2.05) is 11.3 Å². The highest BCUT2D eigenvalue weighted by atomic mass is 79.9. The summed E-state index contributed by atoms with van der Waals surface area (Å²) >= 11 is 10.7. The smallest absolute Gasteiger partial charge is 0.134 e. The molecule has 1 aliphatic carbocycles. The standard InChI is InChI=1S/C14H16Br2N2S2/c1-2-6-17-9-4-3-5-10-12(9)18-14(20-10)11-7-8(15)13(16)19-11/h7,9,17H,2-6H2,1H3. The molecule has 0 saturated heterocycles. The second-order valence-electron chi connectivity index (χ2n) is 4.96. The summed E-state index contributed by atoms with van der Waals surface area (Å²) in [5.41, 5.74) is 1.30. The molecule has 2 heterocycles. The second kappa shape index (κ2) is 6.57. The highest BCUT2D eigenvalue weighted by Gasteiger charge is 2.25. The van der Waals surface area contributed by atoms with Crippen LogP contribution in [0, 0.1) is 0 Å². The van der Waals surface area contributed by atoms with E-state index < -0.39 is 0 Å². The van der Waals surface area contributed by atoms with E-state index >= 15 is 0 Å². The van der Waals surface area contributed by atoms with Gasteiger partial charge in [-0.05, 0) is 70.2 Å². The van der Waals surface area contributed by atoms with Crippen LogP contribution in [0.2, 0.25) is 0 Å². The van der Waals surface area contributed by atoms with Gasteiger partial charge in [-0.25, -0.2) is 4.98 Å². The summed E-state index contributed by atoms with van der Waals surface area (Å²) in [4.78, 5) is 7.65. The van der Waals surface area contributed by atoms with Crippen molar-refractivity contribution in [3.8, 4) is 9.88 Å². The SMILES string of the molecule is CCCNC1CCCc2sc(-c3cc(Br)c(Br)s3)nc21. The lowest BCUT2D eigenvalue weighted by atomic mass is 9.97. The minimum Gasteiger partial charge on any atom is -0.309 e. The maximum atomic E-state index is 4.93. The normalized spacial score (nSPS) is 18.2. The molecule has 20 heavy (non-hydrogen) atoms. The van der Waals surface area contributed by atoms with Gasteiger partial charge in [0.15, 0.2) is 0 Å². The number of halogens is 2. The van der Waals surface area contributed by atoms with Gasteiger partial charge >= 0.3 is 0 Å². The third kappa shape index (κ3) is 3.04. The number of hydrogen-bond donors (Lipinski definition) is 1. The fraction of sp³-hybridized carbons (Fsp3) is 0.500. The summed E-state index contributed by atoms with van der Waals surface area (Å²) in [5, 5.41) is 4.80. The van der Waals surface area contributed by atoms with Crippen LogP contribution in [-0.2, 0) is 6.42 Å². The zero-order valence-corrected chi connectivity index (χ0v) is 16.0. The third-order valence-electron chi connectivity index (χ3n) is 3.45. The molecule has 0 radical (unpaired) electrons. The van der Waals surface area contributed by atoms with Crippen molar-refractivity contribution in [2.24, 2.45) is 0 Å². The first-order chi connectivity index (χ1) is 9.69. The van der Waals surface area contributed by atoms with E-state index in [0.717, 1.165) is 19.8 Å². The molecule has 0 fully saturated rings. The molecule has 1 unspecified atom stereocenters. The molecule has 1 N–H and O–H groups in total. The summed E-state index contributed by atoms with van der Waals surface area (Å²) in [6, 6.07) is 2.61. The molecule has 0 aromatic carbocycles. The van der Waals surface area contributed by atoms with Gasteiger partial charge in [0.1, 0.15) is 5.01 Å². The third-order valence-corrected chi connectivity index (χ3v) is 8.01. The number of nitrogens with zero attached hydrogens (tertiary/aromatic N) is 1. The maximum Gasteiger partial charge on any atom is 0.134 e. The van der Waals surface area contributed by atoms with E-state index in [-0.39, 0.29) is 0 Å². The van der Waals surface area contributed by atoms with Crippen molar-refractivity contribution in [2.75, 3.05) is 6.54 Å². The lowest BCUT2D eigenvalue weighted by molar-refractivity contribution is 0.454. The molecule has 0 spiro atoms. The predicted molar refractivity (Wildman–Crippen MR) is 94.8 cm³/mol. The van der Waals surface area contributed by atoms with Crippen molar-refractivity contribution in [2.45, 2.75) is 38.6 Å². The van der Waals surface area contributed by atoms with Crippen LogP contribution >= 0.6 is 54.5 Å². The minimum atomic E-state index is 0.454. The van der Waals surface area contributed by atoms with E-state index in [9.17, 15) is 0 Å². The van der Waals surface area contributed by atoms with Crippen LogP contribution in [0.1, 0.15) is 42.8 Å². The van der Waals surface area contributed by atoms with Gasteiger partial charge in [-0.3, -0.25) is 0 Å². The summed E-state index contributed by atoms with van der Waals surface area (Å²) in [7, 11) is 0. The zero-order valence-electron chi connectivity index (χ0n) is 11.2. The van der Waals surface area contributed by atoms with Crippen LogP contribution in [0.4, 0.5) is 0 Å². The number of thiophene rings is 1. The monoisotopic (exact) mass is 434 g/mol. The van der Waals surface area contributed by atoms with Gasteiger partial charge in [0, 0.05) is 9.35 Å². The van der Waals surface area contributed by atoms with Crippen molar-refractivity contribution >= 4 is 54.5 Å². The lowest BCUT2D eigenvalue weighted by Crippen LogP contribution is -2.25. The van der Waals surface area contributed by atoms with Gasteiger partial charge in [-0.1, -0.05) is 6.92 Å². The van der Waals surface area contributed by atoms with E-state index in [1.165, 1.54) is 41.1 Å². The Morgan fingerprint density at radius 3 is 2.95 bits per heavy atom. The number of nitrogens with one attached hydrogen (secondary N) is 1. The Balaban J connectivity index is 1.90. The van der Waals surface area contributed by atoms with Gasteiger partial charge in [-0.15, -0.1) is 22.7 Å². The Morgan fingerprint density at radius 1 is 1.40 bits per heavy atom. The fourth-order valence-corrected chi connectivity index (χ4v) is 5.74. The quantitative estimate of drug-likeness (QED) is 0.658. The highest BCUT2D eigenvalue weighted by molar-refractivity contribution is 9.13. The Kier molecular flexibility index (Phi) is 4.98. The van der Waals surface area contributed by atoms with E-state index in [2.05, 4.69) is 50.2 Å². The van der Waals surface area contributed by atoms with Crippen LogP contribution < -0.4 is 5.32 Å². The molecule has 3 rings (SSSR count). The molecular formula is C14H16Br2N2S2. The summed E-state index contributed by atoms with van der Waals surface area (Å²) in [6.45, 7) is 3.29. The Bertz CT molecular complexity index is 587. The van der Waals surface area contributed by atoms with E-state index in [0.29, 0.717) is 6.04 Å². The van der Waals surface area contributed by atoms with Crippen molar-refractivity contribution in [1.29, 1.82) is 0 Å². The van der Waals surface area contributed by atoms with Gasteiger partial charge in [0.05, 0.1) is 20.4 Å². The van der Waals surface area contributed by atoms with Crippen LogP contribution in [0.3, 0.4) is 0 Å². The molecule has 2 aromatic heterocycles. The van der Waals surface area contributed by atoms with Crippen LogP contribution in [0.15, 0.2) is 14.3 Å². The van der Waals surface area contributed by atoms with E-state index in [1.54, 1.807) is 11.3 Å². The first kappa shape index (κ1) is 15.2. The highest BCUT2D eigenvalue weighted by Crippen LogP contribution is 2.42. The predicted octanol–water partition coefficient (Wildman–Crippen LogP) is 5.77. The van der Waals surface area contributed by atoms with Gasteiger partial charge < -0.3 is 5.32 Å². The molecule has 0 saturated carbocycles. The Labute approximate surface area is 144 Å². The van der Waals surface area contributed by atoms with Crippen molar-refractivity contribution in [1.82, 2.24) is 10.3 Å². The lowest BCUT2D eigenvalue weighted by Gasteiger charge is -2.22. The molecule has 1 aliphatic rings. The molecular weight excluding hydrogens is 420 g/mol. The van der Waals surface area contributed by atoms with Crippen LogP contribution in [-0.4, -0.2) is 11.5 Å². The minimum absolute atomic E-state index is 0.454. The number of aromatic nitrogens is 1. The molecule has 108 valence electrons. The van der Waals surface area contributed by atoms with Gasteiger partial charge in [-0.2, -0.15) is 0 Å². The topological polar surface area (TPSA) is 24.9 Å². The van der Waals surface area contributed by atoms with Crippen LogP contribution in [0.5, 0.6) is 0 Å². The summed E-state index contributed by atoms with van der Waals surface area (Å²) < 4.78 is 2.26. The van der Waals surface area contributed by atoms with E-state index in [4.69, 9.17) is 4.98 Å².